The number of hydrogen-bond donors (Lipinski definition) is 0. The third-order valence-corrected chi connectivity index (χ3v) is 0.585. The van der Waals surface area contributed by atoms with E-state index >= 15 is 0 Å². The molecule has 0 rings (SSSR count). The summed E-state index contributed by atoms with van der Waals surface area (Å²) in [4.78, 5) is 0. The molecular weight excluding hydrogens is 79.0 g/mol. The van der Waals surface area contributed by atoms with Gasteiger partial charge in [0.1, 0.15) is 0 Å². The van der Waals surface area contributed by atoms with Gasteiger partial charge in [0.25, 0.3) is 0 Å². The fourth-order valence-corrected chi connectivity index (χ4v) is 0.335. The molecule has 0 aliphatic rings. The van der Waals surface area contributed by atoms with E-state index in [4.69, 9.17) is 0 Å². The summed E-state index contributed by atoms with van der Waals surface area (Å²) >= 11 is 0. The Morgan fingerprint density at radius 1 is 1.80 bits per heavy atom. The molecule has 0 fully saturated rings. The van der Waals surface area contributed by atoms with Crippen LogP contribution in [0.5, 0.6) is 0 Å². The second kappa shape index (κ2) is 4.21. The summed E-state index contributed by atoms with van der Waals surface area (Å²) in [7, 11) is 3.75. The Kier molecular flexibility index (Phi) is 4.39. The topological polar surface area (TPSA) is 0 Å². The molecule has 0 amide bonds. The van der Waals surface area contributed by atoms with Gasteiger partial charge in [-0.05, 0) is 0 Å². The van der Waals surface area contributed by atoms with Gasteiger partial charge >= 0.3 is 34.1 Å². The van der Waals surface area contributed by atoms with Crippen LogP contribution in [-0.4, -0.2) is 0 Å². The van der Waals surface area contributed by atoms with Crippen molar-refractivity contribution in [3.05, 3.63) is 0 Å². The standard InChI is InChI=1S/C4H7P/c1-2-3-4-5/h2-3H2,1H3. The van der Waals surface area contributed by atoms with Crippen molar-refractivity contribution in [3.8, 4) is 5.63 Å². The molecule has 1 heteroatoms. The van der Waals surface area contributed by atoms with Gasteiger partial charge in [-0.2, -0.15) is 0 Å². The van der Waals surface area contributed by atoms with E-state index in [1.54, 1.807) is 0 Å². The number of hydrogen-bond acceptors (Lipinski definition) is 0. The Hall–Kier alpha value is 0.210. The van der Waals surface area contributed by atoms with Crippen LogP contribution >= 0.6 is 8.70 Å². The molecular formula is C4H7P. The second-order valence-electron chi connectivity index (χ2n) is 0.908. The molecule has 0 aliphatic carbocycles. The van der Waals surface area contributed by atoms with Crippen LogP contribution in [0.1, 0.15) is 19.8 Å². The van der Waals surface area contributed by atoms with Gasteiger partial charge in [-0.15, -0.1) is 0 Å². The SMILES string of the molecule is CCCC#P. The molecule has 0 aromatic rings. The summed E-state index contributed by atoms with van der Waals surface area (Å²) in [5, 5.41) is 0. The van der Waals surface area contributed by atoms with Gasteiger partial charge in [0.2, 0.25) is 0 Å². The average molecular weight is 86.1 g/mol. The van der Waals surface area contributed by atoms with Crippen molar-refractivity contribution < 1.29 is 0 Å². The third kappa shape index (κ3) is 4.21. The summed E-state index contributed by atoms with van der Waals surface area (Å²) in [6.45, 7) is 2.10. The summed E-state index contributed by atoms with van der Waals surface area (Å²) in [5.74, 6) is 0. The summed E-state index contributed by atoms with van der Waals surface area (Å²) < 4.78 is 0. The van der Waals surface area contributed by atoms with Gasteiger partial charge in [-0.3, -0.25) is 0 Å². The van der Waals surface area contributed by atoms with Crippen molar-refractivity contribution in [2.45, 2.75) is 19.8 Å². The first-order valence-corrected chi connectivity index (χ1v) is 2.23. The van der Waals surface area contributed by atoms with Crippen LogP contribution in [0.25, 0.3) is 0 Å². The summed E-state index contributed by atoms with van der Waals surface area (Å²) in [6, 6.07) is 0. The van der Waals surface area contributed by atoms with Gasteiger partial charge < -0.3 is 0 Å². The Morgan fingerprint density at radius 3 is 2.40 bits per heavy atom. The summed E-state index contributed by atoms with van der Waals surface area (Å²) in [6.07, 6.45) is 2.16. The van der Waals surface area contributed by atoms with Crippen molar-refractivity contribution in [1.82, 2.24) is 0 Å². The van der Waals surface area contributed by atoms with Gasteiger partial charge in [0.05, 0.1) is 0 Å². The zero-order chi connectivity index (χ0) is 4.12. The third-order valence-electron chi connectivity index (χ3n) is 0.362. The van der Waals surface area contributed by atoms with Crippen molar-refractivity contribution in [2.24, 2.45) is 0 Å². The molecule has 0 bridgehead atoms. The van der Waals surface area contributed by atoms with Crippen molar-refractivity contribution in [3.63, 3.8) is 0 Å². The van der Waals surface area contributed by atoms with E-state index in [-0.39, 0.29) is 0 Å². The van der Waals surface area contributed by atoms with E-state index in [0.29, 0.717) is 0 Å². The van der Waals surface area contributed by atoms with E-state index in [0.717, 1.165) is 12.8 Å². The normalized spacial score (nSPS) is 6.40. The van der Waals surface area contributed by atoms with E-state index in [1.807, 2.05) is 0 Å². The molecule has 28 valence electrons. The minimum atomic E-state index is 1.00. The molecule has 0 aromatic heterocycles. The van der Waals surface area contributed by atoms with Gasteiger partial charge in [0.15, 0.2) is 0 Å². The number of unbranched alkanes of at least 4 members (excludes halogenated alkanes) is 1. The molecule has 0 aromatic carbocycles. The van der Waals surface area contributed by atoms with Crippen LogP contribution in [0, 0.1) is 5.63 Å². The Morgan fingerprint density at radius 2 is 2.40 bits per heavy atom. The van der Waals surface area contributed by atoms with Crippen LogP contribution in [-0.2, 0) is 0 Å². The van der Waals surface area contributed by atoms with Crippen molar-refractivity contribution >= 4 is 8.70 Å². The fourth-order valence-electron chi connectivity index (χ4n) is 0.112. The predicted molar refractivity (Wildman–Crippen MR) is 25.7 cm³/mol. The molecule has 0 heterocycles. The molecule has 0 saturated heterocycles. The van der Waals surface area contributed by atoms with E-state index in [9.17, 15) is 0 Å². The molecule has 0 atom stereocenters. The van der Waals surface area contributed by atoms with E-state index in [1.165, 1.54) is 0 Å². The van der Waals surface area contributed by atoms with Gasteiger partial charge in [0, 0.05) is 0 Å². The molecule has 0 N–H and O–H groups in total. The van der Waals surface area contributed by atoms with Crippen molar-refractivity contribution in [1.29, 1.82) is 0 Å². The minimum absolute atomic E-state index is 1.00. The quantitative estimate of drug-likeness (QED) is 0.429. The van der Waals surface area contributed by atoms with Crippen LogP contribution in [0.4, 0.5) is 0 Å². The monoisotopic (exact) mass is 86.0 g/mol. The zero-order valence-corrected chi connectivity index (χ0v) is 4.26. The van der Waals surface area contributed by atoms with Crippen LogP contribution in [0.3, 0.4) is 0 Å². The zero-order valence-electron chi connectivity index (χ0n) is 3.36. The van der Waals surface area contributed by atoms with Gasteiger partial charge in [-0.1, -0.05) is 0 Å². The molecule has 0 nitrogen and oxygen atoms in total. The molecule has 5 heavy (non-hydrogen) atoms. The molecule has 0 spiro atoms. The van der Waals surface area contributed by atoms with Crippen molar-refractivity contribution in [2.75, 3.05) is 0 Å². The van der Waals surface area contributed by atoms with Crippen LogP contribution < -0.4 is 0 Å². The number of rotatable bonds is 1. The molecule has 0 radical (unpaired) electrons. The maximum atomic E-state index is 3.75. The molecule has 0 unspecified atom stereocenters. The fraction of sp³-hybridized carbons (Fsp3) is 0.750. The Bertz CT molecular complexity index is 42.1. The Balaban J connectivity index is 2.48. The Labute approximate surface area is 35.1 Å². The van der Waals surface area contributed by atoms with E-state index < -0.39 is 0 Å². The average Bonchev–Trinajstić information content (AvgIpc) is 1.41. The first kappa shape index (κ1) is 5.21. The molecule has 0 aliphatic heterocycles. The predicted octanol–water partition coefficient (Wildman–Crippen LogP) is 2.16. The van der Waals surface area contributed by atoms with E-state index in [2.05, 4.69) is 21.2 Å². The molecule has 0 saturated carbocycles. The maximum absolute atomic E-state index is 3.75. The first-order valence-electron chi connectivity index (χ1n) is 1.78. The summed E-state index contributed by atoms with van der Waals surface area (Å²) in [5.41, 5.74) is 2.71. The van der Waals surface area contributed by atoms with Crippen LogP contribution in [0.2, 0.25) is 0 Å². The van der Waals surface area contributed by atoms with Crippen LogP contribution in [0.15, 0.2) is 0 Å². The first-order chi connectivity index (χ1) is 2.41. The second-order valence-corrected chi connectivity index (χ2v) is 1.22. The van der Waals surface area contributed by atoms with Gasteiger partial charge in [-0.25, -0.2) is 0 Å².